The van der Waals surface area contributed by atoms with E-state index in [1.807, 2.05) is 34.7 Å². The molecule has 1 N–H and O–H groups in total. The van der Waals surface area contributed by atoms with Crippen molar-refractivity contribution in [1.82, 2.24) is 19.7 Å². The van der Waals surface area contributed by atoms with Gasteiger partial charge in [-0.3, -0.25) is 9.48 Å². The highest BCUT2D eigenvalue weighted by Crippen LogP contribution is 2.25. The van der Waals surface area contributed by atoms with Gasteiger partial charge < -0.3 is 19.7 Å². The third-order valence-corrected chi connectivity index (χ3v) is 6.54. The number of rotatable bonds is 12. The second-order valence-corrected chi connectivity index (χ2v) is 9.64. The SMILES string of the molecule is C=C(N=C(OC)c1cc(C)n(Cc2ccnc(NCCCCN3CCCC3=O)c2)n1)c1ccc(OC(F)(F)F)cc1. The number of aryl methyl sites for hydroxylation is 1. The first kappa shape index (κ1) is 29.6. The summed E-state index contributed by atoms with van der Waals surface area (Å²) in [6.45, 7) is 8.77. The van der Waals surface area contributed by atoms with Gasteiger partial charge in [0, 0.05) is 37.9 Å². The Balaban J connectivity index is 1.34. The summed E-state index contributed by atoms with van der Waals surface area (Å²) in [7, 11) is 1.46. The predicted octanol–water partition coefficient (Wildman–Crippen LogP) is 5.41. The molecule has 0 saturated carbocycles. The van der Waals surface area contributed by atoms with E-state index in [1.54, 1.807) is 6.20 Å². The molecule has 12 heteroatoms. The van der Waals surface area contributed by atoms with Crippen molar-refractivity contribution in [3.63, 3.8) is 0 Å². The molecule has 1 saturated heterocycles. The number of anilines is 1. The van der Waals surface area contributed by atoms with Crippen molar-refractivity contribution in [3.8, 4) is 5.75 Å². The van der Waals surface area contributed by atoms with Crippen molar-refractivity contribution < 1.29 is 27.4 Å². The Hall–Kier alpha value is -4.35. The van der Waals surface area contributed by atoms with Gasteiger partial charge in [0.1, 0.15) is 17.3 Å². The summed E-state index contributed by atoms with van der Waals surface area (Å²) >= 11 is 0. The van der Waals surface area contributed by atoms with Crippen LogP contribution in [0.5, 0.6) is 5.75 Å². The second kappa shape index (κ2) is 13.3. The molecule has 2 aromatic heterocycles. The molecule has 1 fully saturated rings. The number of aliphatic imine (C=N–C) groups is 1. The Kier molecular flexibility index (Phi) is 9.64. The highest BCUT2D eigenvalue weighted by atomic mass is 19.4. The third kappa shape index (κ3) is 8.57. The maximum Gasteiger partial charge on any atom is 0.573 e. The van der Waals surface area contributed by atoms with Crippen LogP contribution in [0, 0.1) is 6.92 Å². The molecule has 0 atom stereocenters. The van der Waals surface area contributed by atoms with E-state index >= 15 is 0 Å². The minimum Gasteiger partial charge on any atom is -0.479 e. The zero-order chi connectivity index (χ0) is 29.4. The van der Waals surface area contributed by atoms with Crippen LogP contribution in [0.3, 0.4) is 0 Å². The zero-order valence-corrected chi connectivity index (χ0v) is 23.1. The Labute approximate surface area is 236 Å². The molecule has 1 aromatic carbocycles. The van der Waals surface area contributed by atoms with Gasteiger partial charge in [-0.15, -0.1) is 13.2 Å². The number of benzene rings is 1. The number of hydrogen-bond donors (Lipinski definition) is 1. The van der Waals surface area contributed by atoms with Crippen molar-refractivity contribution in [2.75, 3.05) is 32.1 Å². The number of alkyl halides is 3. The molecular formula is C29H33F3N6O3. The summed E-state index contributed by atoms with van der Waals surface area (Å²) in [5, 5.41) is 7.99. The summed E-state index contributed by atoms with van der Waals surface area (Å²) < 4.78 is 48.5. The standard InChI is InChI=1S/C29H33F3N6O3/c1-20-17-25(28(40-3)35-21(2)23-8-10-24(11-9-23)41-29(30,31)32)36-38(20)19-22-12-14-34-26(18-22)33-13-4-5-15-37-16-6-7-27(37)39/h8-12,14,17-18H,2,4-7,13,15-16,19H2,1,3H3,(H,33,34). The van der Waals surface area contributed by atoms with Gasteiger partial charge in [-0.2, -0.15) is 5.10 Å². The molecule has 1 aliphatic heterocycles. The molecule has 1 aliphatic rings. The average Bonchev–Trinajstić information content (AvgIpc) is 3.51. The number of carbonyl (C=O) groups is 1. The zero-order valence-electron chi connectivity index (χ0n) is 23.1. The highest BCUT2D eigenvalue weighted by Gasteiger charge is 2.31. The van der Waals surface area contributed by atoms with Crippen LogP contribution in [0.2, 0.25) is 0 Å². The lowest BCUT2D eigenvalue weighted by Gasteiger charge is -2.15. The average molecular weight is 571 g/mol. The Morgan fingerprint density at radius 1 is 1.17 bits per heavy atom. The molecule has 0 radical (unpaired) electrons. The summed E-state index contributed by atoms with van der Waals surface area (Å²) in [6, 6.07) is 11.0. The molecule has 0 spiro atoms. The predicted molar refractivity (Wildman–Crippen MR) is 150 cm³/mol. The normalized spacial score (nSPS) is 13.9. The number of aromatic nitrogens is 3. The number of likely N-dealkylation sites (tertiary alicyclic amines) is 1. The van der Waals surface area contributed by atoms with E-state index in [4.69, 9.17) is 4.74 Å². The van der Waals surface area contributed by atoms with Crippen LogP contribution in [0.25, 0.3) is 5.70 Å². The molecule has 218 valence electrons. The van der Waals surface area contributed by atoms with E-state index in [0.29, 0.717) is 29.9 Å². The lowest BCUT2D eigenvalue weighted by molar-refractivity contribution is -0.274. The van der Waals surface area contributed by atoms with Gasteiger partial charge in [-0.05, 0) is 79.8 Å². The quantitative estimate of drug-likeness (QED) is 0.178. The smallest absolute Gasteiger partial charge is 0.479 e. The lowest BCUT2D eigenvalue weighted by atomic mass is 10.2. The lowest BCUT2D eigenvalue weighted by Crippen LogP contribution is -2.25. The number of carbonyl (C=O) groups excluding carboxylic acids is 1. The van der Waals surface area contributed by atoms with E-state index in [1.165, 1.54) is 31.4 Å². The fourth-order valence-corrected chi connectivity index (χ4v) is 4.45. The van der Waals surface area contributed by atoms with Gasteiger partial charge in [0.25, 0.3) is 0 Å². The highest BCUT2D eigenvalue weighted by molar-refractivity contribution is 5.95. The van der Waals surface area contributed by atoms with Crippen molar-refractivity contribution in [2.45, 2.75) is 45.5 Å². The molecule has 41 heavy (non-hydrogen) atoms. The molecule has 0 unspecified atom stereocenters. The largest absolute Gasteiger partial charge is 0.573 e. The Morgan fingerprint density at radius 3 is 2.63 bits per heavy atom. The molecule has 3 aromatic rings. The van der Waals surface area contributed by atoms with Gasteiger partial charge in [-0.1, -0.05) is 6.58 Å². The van der Waals surface area contributed by atoms with Crippen LogP contribution in [-0.4, -0.2) is 64.6 Å². The van der Waals surface area contributed by atoms with Crippen LogP contribution in [0.15, 0.2) is 60.2 Å². The van der Waals surface area contributed by atoms with Crippen LogP contribution < -0.4 is 10.1 Å². The van der Waals surface area contributed by atoms with E-state index in [2.05, 4.69) is 31.7 Å². The first-order valence-corrected chi connectivity index (χ1v) is 13.3. The third-order valence-electron chi connectivity index (χ3n) is 6.54. The summed E-state index contributed by atoms with van der Waals surface area (Å²) in [4.78, 5) is 22.5. The van der Waals surface area contributed by atoms with E-state index in [-0.39, 0.29) is 17.6 Å². The number of hydrogen-bond acceptors (Lipinski definition) is 7. The maximum absolute atomic E-state index is 12.4. The first-order valence-electron chi connectivity index (χ1n) is 13.3. The van der Waals surface area contributed by atoms with Gasteiger partial charge in [-0.25, -0.2) is 9.98 Å². The molecule has 0 bridgehead atoms. The molecular weight excluding hydrogens is 537 g/mol. The molecule has 1 amide bonds. The van der Waals surface area contributed by atoms with Crippen molar-refractivity contribution in [2.24, 2.45) is 4.99 Å². The minimum atomic E-state index is -4.76. The number of halogens is 3. The monoisotopic (exact) mass is 570 g/mol. The van der Waals surface area contributed by atoms with Crippen LogP contribution >= 0.6 is 0 Å². The number of ether oxygens (including phenoxy) is 2. The van der Waals surface area contributed by atoms with Crippen LogP contribution in [0.1, 0.15) is 48.2 Å². The Morgan fingerprint density at radius 2 is 1.95 bits per heavy atom. The van der Waals surface area contributed by atoms with Gasteiger partial charge in [0.2, 0.25) is 11.8 Å². The number of amides is 1. The number of nitrogens with zero attached hydrogens (tertiary/aromatic N) is 5. The van der Waals surface area contributed by atoms with Crippen LogP contribution in [-0.2, 0) is 16.1 Å². The fourth-order valence-electron chi connectivity index (χ4n) is 4.45. The molecule has 9 nitrogen and oxygen atoms in total. The topological polar surface area (TPSA) is 93.9 Å². The van der Waals surface area contributed by atoms with E-state index in [0.717, 1.165) is 56.0 Å². The number of pyridine rings is 1. The molecule has 4 rings (SSSR count). The second-order valence-electron chi connectivity index (χ2n) is 9.64. The fraction of sp³-hybridized carbons (Fsp3) is 0.379. The van der Waals surface area contributed by atoms with Gasteiger partial charge >= 0.3 is 6.36 Å². The van der Waals surface area contributed by atoms with Gasteiger partial charge in [0.15, 0.2) is 0 Å². The minimum absolute atomic E-state index is 0.222. The Bertz CT molecular complexity index is 1390. The maximum atomic E-state index is 12.4. The summed E-state index contributed by atoms with van der Waals surface area (Å²) in [5.41, 5.74) is 3.18. The first-order chi connectivity index (χ1) is 19.6. The van der Waals surface area contributed by atoms with Crippen molar-refractivity contribution in [3.05, 3.63) is 77.8 Å². The van der Waals surface area contributed by atoms with E-state index in [9.17, 15) is 18.0 Å². The molecule has 0 aliphatic carbocycles. The summed E-state index contributed by atoms with van der Waals surface area (Å²) in [6.07, 6.45) is 0.497. The number of nitrogens with one attached hydrogen (secondary N) is 1. The van der Waals surface area contributed by atoms with Gasteiger partial charge in [0.05, 0.1) is 19.4 Å². The van der Waals surface area contributed by atoms with E-state index < -0.39 is 6.36 Å². The van der Waals surface area contributed by atoms with Crippen molar-refractivity contribution in [1.29, 1.82) is 0 Å². The summed E-state index contributed by atoms with van der Waals surface area (Å²) in [5.74, 6) is 0.919. The number of methoxy groups -OCH3 is 1. The molecule has 3 heterocycles. The number of unbranched alkanes of at least 4 members (excludes halogenated alkanes) is 1. The van der Waals surface area contributed by atoms with Crippen LogP contribution in [0.4, 0.5) is 19.0 Å². The van der Waals surface area contributed by atoms with Crippen molar-refractivity contribution >= 4 is 23.3 Å².